The minimum atomic E-state index is 0. The molecule has 0 bridgehead atoms. The molecule has 0 radical (unpaired) electrons. The van der Waals surface area contributed by atoms with Gasteiger partial charge in [0.25, 0.3) is 0 Å². The molecule has 0 unspecified atom stereocenters. The second kappa shape index (κ2) is 29.7. The maximum absolute atomic E-state index is 5.62. The van der Waals surface area contributed by atoms with Crippen molar-refractivity contribution in [2.75, 3.05) is 77.2 Å². The van der Waals surface area contributed by atoms with Gasteiger partial charge in [-0.15, -0.1) is 72.8 Å². The molecule has 4 N–H and O–H groups in total. The van der Waals surface area contributed by atoms with Crippen molar-refractivity contribution in [2.24, 2.45) is 0 Å². The van der Waals surface area contributed by atoms with E-state index in [1.165, 1.54) is 65.2 Å². The molecule has 2 aliphatic rings. The maximum atomic E-state index is 5.62. The number of nitrogens with zero attached hydrogens (tertiary/aromatic N) is 2. The smallest absolute Gasteiger partial charge is 0.0235 e. The van der Waals surface area contributed by atoms with Crippen LogP contribution in [-0.2, 0) is 0 Å². The summed E-state index contributed by atoms with van der Waals surface area (Å²) in [6.07, 6.45) is 4.81. The van der Waals surface area contributed by atoms with E-state index in [0.717, 1.165) is 37.7 Å². The first kappa shape index (κ1) is 39.1. The fourth-order valence-electron chi connectivity index (χ4n) is 2.82. The Kier molecular flexibility index (Phi) is 43.0. The Hall–Kier alpha value is 1.54. The highest BCUT2D eigenvalue weighted by Crippen LogP contribution is 1.98. The summed E-state index contributed by atoms with van der Waals surface area (Å²) in [5.41, 5.74) is 0. The van der Waals surface area contributed by atoms with Crippen LogP contribution in [-0.4, -0.2) is 92.5 Å². The largest absolute Gasteiger partial charge is 0.412 e. The molecular weight excluding hydrogens is 477 g/mol. The number of hydrogen-bond acceptors (Lipinski definition) is 4. The Labute approximate surface area is 201 Å². The summed E-state index contributed by atoms with van der Waals surface area (Å²) in [6.45, 7) is 11.8. The summed E-state index contributed by atoms with van der Waals surface area (Å²) in [4.78, 5) is 4.98. The van der Waals surface area contributed by atoms with E-state index in [2.05, 4.69) is 20.4 Å². The first-order chi connectivity index (χ1) is 10.9. The van der Waals surface area contributed by atoms with E-state index in [4.69, 9.17) is 23.2 Å². The van der Waals surface area contributed by atoms with E-state index in [-0.39, 0.29) is 55.1 Å². The molecule has 172 valence electrons. The third-order valence-corrected chi connectivity index (χ3v) is 4.62. The molecule has 2 saturated heterocycles. The van der Waals surface area contributed by atoms with Gasteiger partial charge in [0.1, 0.15) is 0 Å². The minimum Gasteiger partial charge on any atom is -0.412 e. The van der Waals surface area contributed by atoms with Crippen molar-refractivity contribution < 1.29 is 5.48 Å². The van der Waals surface area contributed by atoms with Gasteiger partial charge in [-0.3, -0.25) is 0 Å². The van der Waals surface area contributed by atoms with Gasteiger partial charge in [0.05, 0.1) is 0 Å². The maximum Gasteiger partial charge on any atom is 0.0235 e. The molecule has 0 saturated carbocycles. The predicted molar refractivity (Wildman–Crippen MR) is 131 cm³/mol. The lowest BCUT2D eigenvalue weighted by molar-refractivity contribution is 0.294. The van der Waals surface area contributed by atoms with E-state index in [1.807, 2.05) is 0 Å². The standard InChI is InChI=1S/2C8H17ClN2.4ClH.H2O/c2*9-3-1-6-11-7-2-4-10-5-8-11;;;;;/h2*10H,1-8H2;4*1H;1H2. The number of rotatable bonds is 6. The molecule has 0 spiro atoms. The number of nitrogens with one attached hydrogen (secondary N) is 2. The Morgan fingerprint density at radius 3 is 1.30 bits per heavy atom. The average Bonchev–Trinajstić information content (AvgIpc) is 2.96. The van der Waals surface area contributed by atoms with Crippen molar-refractivity contribution in [3.8, 4) is 0 Å². The van der Waals surface area contributed by atoms with Crippen LogP contribution in [0.3, 0.4) is 0 Å². The lowest BCUT2D eigenvalue weighted by Gasteiger charge is -2.18. The van der Waals surface area contributed by atoms with Crippen LogP contribution in [0.2, 0.25) is 0 Å². The zero-order chi connectivity index (χ0) is 15.9. The van der Waals surface area contributed by atoms with Gasteiger partial charge in [-0.2, -0.15) is 0 Å². The monoisotopic (exact) mass is 514 g/mol. The number of halogens is 6. The Morgan fingerprint density at radius 1 is 0.593 bits per heavy atom. The fourth-order valence-corrected chi connectivity index (χ4v) is 3.06. The normalized spacial score (nSPS) is 17.6. The molecule has 2 rings (SSSR count). The van der Waals surface area contributed by atoms with Gasteiger partial charge < -0.3 is 25.9 Å². The first-order valence-electron chi connectivity index (χ1n) is 8.85. The second-order valence-electron chi connectivity index (χ2n) is 5.98. The van der Waals surface area contributed by atoms with Crippen LogP contribution >= 0.6 is 72.8 Å². The predicted octanol–water partition coefficient (Wildman–Crippen LogP) is 2.68. The summed E-state index contributed by atoms with van der Waals surface area (Å²) in [6, 6.07) is 0. The van der Waals surface area contributed by atoms with Crippen molar-refractivity contribution in [3.63, 3.8) is 0 Å². The van der Waals surface area contributed by atoms with Crippen molar-refractivity contribution in [3.05, 3.63) is 0 Å². The van der Waals surface area contributed by atoms with Gasteiger partial charge in [-0.25, -0.2) is 0 Å². The minimum absolute atomic E-state index is 0. The van der Waals surface area contributed by atoms with Gasteiger partial charge in [0.15, 0.2) is 0 Å². The third-order valence-electron chi connectivity index (χ3n) is 4.08. The molecular formula is C16H40Cl6N4O. The molecule has 2 fully saturated rings. The SMILES string of the molecule is Cl.Cl.Cl.Cl.ClCCCN1CCCNCC1.ClCCCN1CCCNCC1.O. The van der Waals surface area contributed by atoms with Crippen LogP contribution in [0, 0.1) is 0 Å². The summed E-state index contributed by atoms with van der Waals surface area (Å²) < 4.78 is 0. The zero-order valence-corrected chi connectivity index (χ0v) is 20.9. The van der Waals surface area contributed by atoms with Crippen molar-refractivity contribution in [1.29, 1.82) is 0 Å². The highest BCUT2D eigenvalue weighted by molar-refractivity contribution is 6.18. The molecule has 2 aliphatic heterocycles. The van der Waals surface area contributed by atoms with Gasteiger partial charge >= 0.3 is 0 Å². The van der Waals surface area contributed by atoms with Gasteiger partial charge in [0, 0.05) is 37.9 Å². The van der Waals surface area contributed by atoms with E-state index in [1.54, 1.807) is 0 Å². The van der Waals surface area contributed by atoms with Crippen LogP contribution in [0.25, 0.3) is 0 Å². The van der Waals surface area contributed by atoms with E-state index in [0.29, 0.717) is 0 Å². The van der Waals surface area contributed by atoms with Crippen LogP contribution in [0.4, 0.5) is 0 Å². The quantitative estimate of drug-likeness (QED) is 0.533. The molecule has 0 aromatic heterocycles. The molecule has 27 heavy (non-hydrogen) atoms. The molecule has 0 amide bonds. The van der Waals surface area contributed by atoms with Crippen LogP contribution in [0.1, 0.15) is 25.7 Å². The Bertz CT molecular complexity index is 221. The second-order valence-corrected chi connectivity index (χ2v) is 6.73. The third kappa shape index (κ3) is 23.7. The van der Waals surface area contributed by atoms with Crippen molar-refractivity contribution in [2.45, 2.75) is 25.7 Å². The molecule has 0 aliphatic carbocycles. The summed E-state index contributed by atoms with van der Waals surface area (Å²) in [5, 5.41) is 6.76. The zero-order valence-electron chi connectivity index (χ0n) is 16.1. The lowest BCUT2D eigenvalue weighted by atomic mass is 10.3. The Balaban J connectivity index is -0.000000101. The Morgan fingerprint density at radius 2 is 0.963 bits per heavy atom. The topological polar surface area (TPSA) is 62.0 Å². The van der Waals surface area contributed by atoms with E-state index < -0.39 is 0 Å². The average molecular weight is 517 g/mol. The van der Waals surface area contributed by atoms with Gasteiger partial charge in [-0.1, -0.05) is 0 Å². The summed E-state index contributed by atoms with van der Waals surface area (Å²) in [5.74, 6) is 1.59. The van der Waals surface area contributed by atoms with Gasteiger partial charge in [-0.05, 0) is 65.0 Å². The number of hydrogen-bond donors (Lipinski definition) is 2. The molecule has 0 aromatic rings. The fraction of sp³-hybridized carbons (Fsp3) is 1.00. The molecule has 5 nitrogen and oxygen atoms in total. The van der Waals surface area contributed by atoms with E-state index in [9.17, 15) is 0 Å². The highest BCUT2D eigenvalue weighted by Gasteiger charge is 2.07. The van der Waals surface area contributed by atoms with Crippen molar-refractivity contribution in [1.82, 2.24) is 20.4 Å². The molecule has 11 heteroatoms. The van der Waals surface area contributed by atoms with Crippen LogP contribution < -0.4 is 10.6 Å². The molecule has 0 aromatic carbocycles. The van der Waals surface area contributed by atoms with Crippen LogP contribution in [0.15, 0.2) is 0 Å². The van der Waals surface area contributed by atoms with Crippen molar-refractivity contribution >= 4 is 72.8 Å². The highest BCUT2D eigenvalue weighted by atomic mass is 35.5. The molecule has 0 atom stereocenters. The van der Waals surface area contributed by atoms with E-state index >= 15 is 0 Å². The summed E-state index contributed by atoms with van der Waals surface area (Å²) >= 11 is 11.2. The first-order valence-corrected chi connectivity index (χ1v) is 9.92. The lowest BCUT2D eigenvalue weighted by Crippen LogP contribution is -2.29. The van der Waals surface area contributed by atoms with Crippen LogP contribution in [0.5, 0.6) is 0 Å². The number of alkyl halides is 2. The summed E-state index contributed by atoms with van der Waals surface area (Å²) in [7, 11) is 0. The van der Waals surface area contributed by atoms with Gasteiger partial charge in [0.2, 0.25) is 0 Å². The molecule has 2 heterocycles.